The molecule has 78 valence electrons. The standard InChI is InChI=1S/C9H14NO3P/c1-3-14(12,4-2)9-6-5-8(13-9)7-10-11/h5-7,11H,3-4H2,1-2H3. The van der Waals surface area contributed by atoms with Crippen LogP contribution in [0.3, 0.4) is 0 Å². The van der Waals surface area contributed by atoms with Gasteiger partial charge in [0.15, 0.2) is 5.50 Å². The van der Waals surface area contributed by atoms with Crippen LogP contribution in [0.4, 0.5) is 0 Å². The summed E-state index contributed by atoms with van der Waals surface area (Å²) in [6.45, 7) is 3.76. The Morgan fingerprint density at radius 1 is 1.50 bits per heavy atom. The SMILES string of the molecule is CCP(=O)(CC)c1ccc(C=NO)o1. The monoisotopic (exact) mass is 215 g/mol. The largest absolute Gasteiger partial charge is 0.452 e. The first-order valence-corrected chi connectivity index (χ1v) is 6.60. The third-order valence-electron chi connectivity index (χ3n) is 2.22. The number of furan rings is 1. The minimum absolute atomic E-state index is 0.421. The molecule has 0 unspecified atom stereocenters. The number of oxime groups is 1. The van der Waals surface area contributed by atoms with E-state index in [-0.39, 0.29) is 0 Å². The molecule has 0 aliphatic carbocycles. The van der Waals surface area contributed by atoms with Gasteiger partial charge in [0.05, 0.1) is 0 Å². The molecule has 0 aliphatic rings. The maximum absolute atomic E-state index is 12.2. The minimum Gasteiger partial charge on any atom is -0.452 e. The molecule has 1 aromatic heterocycles. The summed E-state index contributed by atoms with van der Waals surface area (Å²) in [5.41, 5.74) is 0.511. The Bertz CT molecular complexity index is 362. The lowest BCUT2D eigenvalue weighted by atomic mass is 10.5. The van der Waals surface area contributed by atoms with Gasteiger partial charge in [-0.05, 0) is 12.1 Å². The molecule has 0 atom stereocenters. The summed E-state index contributed by atoms with van der Waals surface area (Å²) < 4.78 is 17.5. The van der Waals surface area contributed by atoms with Gasteiger partial charge < -0.3 is 14.2 Å². The van der Waals surface area contributed by atoms with Crippen LogP contribution in [0.2, 0.25) is 0 Å². The van der Waals surface area contributed by atoms with Crippen molar-refractivity contribution in [2.45, 2.75) is 13.8 Å². The highest BCUT2D eigenvalue weighted by Crippen LogP contribution is 2.43. The molecule has 1 N–H and O–H groups in total. The summed E-state index contributed by atoms with van der Waals surface area (Å²) in [5, 5.41) is 11.1. The predicted octanol–water partition coefficient (Wildman–Crippen LogP) is 2.12. The van der Waals surface area contributed by atoms with E-state index in [4.69, 9.17) is 9.62 Å². The predicted molar refractivity (Wildman–Crippen MR) is 56.4 cm³/mol. The van der Waals surface area contributed by atoms with Crippen molar-refractivity contribution in [2.24, 2.45) is 5.16 Å². The molecule has 0 fully saturated rings. The van der Waals surface area contributed by atoms with Gasteiger partial charge in [-0.25, -0.2) is 0 Å². The first-order chi connectivity index (χ1) is 6.66. The maximum atomic E-state index is 12.2. The molecule has 0 aromatic carbocycles. The van der Waals surface area contributed by atoms with E-state index >= 15 is 0 Å². The highest BCUT2D eigenvalue weighted by atomic mass is 31.2. The van der Waals surface area contributed by atoms with Gasteiger partial charge in [-0.3, -0.25) is 0 Å². The van der Waals surface area contributed by atoms with Crippen molar-refractivity contribution in [3.05, 3.63) is 17.9 Å². The molecule has 1 aromatic rings. The molecule has 0 saturated heterocycles. The number of rotatable bonds is 4. The van der Waals surface area contributed by atoms with Crippen LogP contribution in [0, 0.1) is 0 Å². The molecule has 0 saturated carbocycles. The zero-order valence-corrected chi connectivity index (χ0v) is 9.20. The second kappa shape index (κ2) is 4.47. The highest BCUT2D eigenvalue weighted by Gasteiger charge is 2.23. The van der Waals surface area contributed by atoms with E-state index in [2.05, 4.69) is 5.16 Å². The molecule has 1 heterocycles. The van der Waals surface area contributed by atoms with Gasteiger partial charge in [0, 0.05) is 12.3 Å². The fourth-order valence-corrected chi connectivity index (χ4v) is 2.91. The second-order valence-electron chi connectivity index (χ2n) is 2.94. The third-order valence-corrected chi connectivity index (χ3v) is 5.31. The molecule has 0 aliphatic heterocycles. The van der Waals surface area contributed by atoms with Crippen molar-refractivity contribution in [2.75, 3.05) is 12.3 Å². The molecule has 0 radical (unpaired) electrons. The zero-order chi connectivity index (χ0) is 10.6. The van der Waals surface area contributed by atoms with E-state index in [1.54, 1.807) is 12.1 Å². The quantitative estimate of drug-likeness (QED) is 0.362. The lowest BCUT2D eigenvalue weighted by molar-refractivity contribution is 0.321. The van der Waals surface area contributed by atoms with Crippen LogP contribution < -0.4 is 5.50 Å². The zero-order valence-electron chi connectivity index (χ0n) is 8.30. The van der Waals surface area contributed by atoms with Crippen molar-refractivity contribution in [3.63, 3.8) is 0 Å². The van der Waals surface area contributed by atoms with Crippen molar-refractivity contribution in [1.82, 2.24) is 0 Å². The van der Waals surface area contributed by atoms with Crippen molar-refractivity contribution in [1.29, 1.82) is 0 Å². The van der Waals surface area contributed by atoms with Crippen LogP contribution in [0.15, 0.2) is 21.7 Å². The molecular weight excluding hydrogens is 201 g/mol. The van der Waals surface area contributed by atoms with Crippen LogP contribution in [0.1, 0.15) is 19.6 Å². The van der Waals surface area contributed by atoms with Crippen LogP contribution in [-0.2, 0) is 4.57 Å². The van der Waals surface area contributed by atoms with Crippen molar-refractivity contribution >= 4 is 18.9 Å². The maximum Gasteiger partial charge on any atom is 0.163 e. The summed E-state index contributed by atoms with van der Waals surface area (Å²) in [7, 11) is -2.35. The summed E-state index contributed by atoms with van der Waals surface area (Å²) in [6.07, 6.45) is 2.36. The average molecular weight is 215 g/mol. The average Bonchev–Trinajstić information content (AvgIpc) is 2.66. The van der Waals surface area contributed by atoms with Gasteiger partial charge >= 0.3 is 0 Å². The van der Waals surface area contributed by atoms with Gasteiger partial charge in [-0.2, -0.15) is 0 Å². The molecule has 14 heavy (non-hydrogen) atoms. The van der Waals surface area contributed by atoms with Crippen LogP contribution >= 0.6 is 7.14 Å². The smallest absolute Gasteiger partial charge is 0.163 e. The normalized spacial score (nSPS) is 12.4. The molecule has 1 rings (SSSR count). The van der Waals surface area contributed by atoms with E-state index in [1.807, 2.05) is 13.8 Å². The van der Waals surface area contributed by atoms with Gasteiger partial charge in [0.1, 0.15) is 19.1 Å². The Balaban J connectivity index is 3.01. The van der Waals surface area contributed by atoms with Gasteiger partial charge in [-0.15, -0.1) is 0 Å². The summed E-state index contributed by atoms with van der Waals surface area (Å²) in [5.74, 6) is 0.421. The molecule has 5 heteroatoms. The number of hydrogen-bond acceptors (Lipinski definition) is 4. The molecule has 4 nitrogen and oxygen atoms in total. The number of nitrogens with zero attached hydrogens (tertiary/aromatic N) is 1. The topological polar surface area (TPSA) is 62.8 Å². The van der Waals surface area contributed by atoms with Crippen LogP contribution in [0.5, 0.6) is 0 Å². The van der Waals surface area contributed by atoms with Gasteiger partial charge in [0.25, 0.3) is 0 Å². The first-order valence-electron chi connectivity index (χ1n) is 4.52. The van der Waals surface area contributed by atoms with Gasteiger partial charge in [-0.1, -0.05) is 19.0 Å². The molecule has 0 bridgehead atoms. The molecule has 0 amide bonds. The Hall–Kier alpha value is -1.02. The molecule has 0 spiro atoms. The summed E-state index contributed by atoms with van der Waals surface area (Å²) in [6, 6.07) is 3.33. The lowest BCUT2D eigenvalue weighted by Gasteiger charge is -2.09. The Morgan fingerprint density at radius 2 is 2.14 bits per heavy atom. The number of hydrogen-bond donors (Lipinski definition) is 1. The van der Waals surface area contributed by atoms with Crippen molar-refractivity contribution < 1.29 is 14.2 Å². The van der Waals surface area contributed by atoms with E-state index in [0.717, 1.165) is 0 Å². The highest BCUT2D eigenvalue weighted by molar-refractivity contribution is 7.71. The Labute approximate surface area is 83.0 Å². The van der Waals surface area contributed by atoms with Gasteiger partial charge in [0.2, 0.25) is 0 Å². The summed E-state index contributed by atoms with van der Waals surface area (Å²) >= 11 is 0. The van der Waals surface area contributed by atoms with Crippen LogP contribution in [0.25, 0.3) is 0 Å². The van der Waals surface area contributed by atoms with E-state index in [9.17, 15) is 4.57 Å². The van der Waals surface area contributed by atoms with E-state index in [0.29, 0.717) is 23.6 Å². The third kappa shape index (κ3) is 2.07. The van der Waals surface area contributed by atoms with E-state index in [1.165, 1.54) is 6.21 Å². The molecular formula is C9H14NO3P. The summed E-state index contributed by atoms with van der Waals surface area (Å²) in [4.78, 5) is 0. The minimum atomic E-state index is -2.35. The second-order valence-corrected chi connectivity index (χ2v) is 6.43. The van der Waals surface area contributed by atoms with Crippen LogP contribution in [-0.4, -0.2) is 23.7 Å². The van der Waals surface area contributed by atoms with E-state index < -0.39 is 7.14 Å². The lowest BCUT2D eigenvalue weighted by Crippen LogP contribution is -2.05. The Kier molecular flexibility index (Phi) is 3.53. The Morgan fingerprint density at radius 3 is 2.64 bits per heavy atom. The fraction of sp³-hybridized carbons (Fsp3) is 0.444. The first kappa shape index (κ1) is 11.1. The van der Waals surface area contributed by atoms with Crippen molar-refractivity contribution in [3.8, 4) is 0 Å². The fourth-order valence-electron chi connectivity index (χ4n) is 1.22.